The number of aliphatic imine (C=N–C) groups is 2. The molecule has 6 nitrogen and oxygen atoms in total. The smallest absolute Gasteiger partial charge is 0.225 e. The minimum atomic E-state index is 0.0350. The average Bonchev–Trinajstić information content (AvgIpc) is 2.71. The first-order valence-electron chi connectivity index (χ1n) is 9.11. The number of terminal acetylenes is 1. The fourth-order valence-corrected chi connectivity index (χ4v) is 1.93. The number of benzene rings is 1. The fourth-order valence-electron chi connectivity index (χ4n) is 1.93. The molecule has 28 heavy (non-hydrogen) atoms. The van der Waals surface area contributed by atoms with Gasteiger partial charge in [0.25, 0.3) is 0 Å². The lowest BCUT2D eigenvalue weighted by Gasteiger charge is -2.05. The third-order valence-electron chi connectivity index (χ3n) is 3.19. The van der Waals surface area contributed by atoms with Gasteiger partial charge in [0.05, 0.1) is 19.4 Å². The van der Waals surface area contributed by atoms with Crippen LogP contribution in [0.3, 0.4) is 0 Å². The maximum atomic E-state index is 11.2. The Morgan fingerprint density at radius 3 is 2.25 bits per heavy atom. The summed E-state index contributed by atoms with van der Waals surface area (Å²) < 4.78 is 5.04. The highest BCUT2D eigenvalue weighted by atomic mass is 16.5. The van der Waals surface area contributed by atoms with E-state index in [1.54, 1.807) is 14.2 Å². The Labute approximate surface area is 170 Å². The highest BCUT2D eigenvalue weighted by Gasteiger charge is 2.02. The van der Waals surface area contributed by atoms with Crippen molar-refractivity contribution < 1.29 is 9.53 Å². The van der Waals surface area contributed by atoms with Gasteiger partial charge in [-0.2, -0.15) is 0 Å². The van der Waals surface area contributed by atoms with Crippen LogP contribution in [-0.2, 0) is 4.79 Å². The van der Waals surface area contributed by atoms with Crippen LogP contribution in [0, 0.1) is 12.8 Å². The number of rotatable bonds is 7. The predicted octanol–water partition coefficient (Wildman–Crippen LogP) is 3.95. The predicted molar refractivity (Wildman–Crippen MR) is 122 cm³/mol. The van der Waals surface area contributed by atoms with E-state index in [-0.39, 0.29) is 5.91 Å². The van der Waals surface area contributed by atoms with Crippen LogP contribution in [0.2, 0.25) is 0 Å². The lowest BCUT2D eigenvalue weighted by molar-refractivity contribution is -0.119. The standard InChI is InChI=1S/C10H14N2O.C10H18N2O.C2H2/c1-8(11-2)12-9-4-6-10(13-3)7-5-9;1-4-7-9(11-5-2)8-10(13)12-6-3;1-2/h4-7H,1-3H3,(H,11,12);4,7H,5-6,8H2,1-3H3,(H,12,13);1-2H/b;7-4-,11-9?;. The summed E-state index contributed by atoms with van der Waals surface area (Å²) in [4.78, 5) is 19.4. The number of amidine groups is 1. The molecule has 0 atom stereocenters. The molecule has 154 valence electrons. The molecule has 6 heteroatoms. The number of methoxy groups -OCH3 is 1. The first kappa shape index (κ1) is 27.2. The van der Waals surface area contributed by atoms with Crippen molar-refractivity contribution in [3.05, 3.63) is 36.4 Å². The monoisotopic (exact) mass is 386 g/mol. The summed E-state index contributed by atoms with van der Waals surface area (Å²) in [6, 6.07) is 7.72. The molecule has 0 saturated heterocycles. The van der Waals surface area contributed by atoms with Gasteiger partial charge in [-0.05, 0) is 58.0 Å². The number of anilines is 1. The summed E-state index contributed by atoms with van der Waals surface area (Å²) in [5.74, 6) is 1.79. The lowest BCUT2D eigenvalue weighted by atomic mass is 10.2. The molecule has 1 rings (SSSR count). The van der Waals surface area contributed by atoms with E-state index in [4.69, 9.17) is 4.74 Å². The first-order chi connectivity index (χ1) is 13.5. The van der Waals surface area contributed by atoms with Crippen LogP contribution in [-0.4, -0.2) is 44.7 Å². The zero-order valence-corrected chi connectivity index (χ0v) is 18.0. The molecule has 0 fully saturated rings. The lowest BCUT2D eigenvalue weighted by Crippen LogP contribution is -2.24. The van der Waals surface area contributed by atoms with Crippen molar-refractivity contribution in [2.75, 3.05) is 32.6 Å². The van der Waals surface area contributed by atoms with E-state index < -0.39 is 0 Å². The van der Waals surface area contributed by atoms with E-state index in [1.165, 1.54) is 0 Å². The molecule has 0 bridgehead atoms. The number of ether oxygens (including phenoxy) is 1. The number of allylic oxidation sites excluding steroid dienone is 2. The van der Waals surface area contributed by atoms with Crippen LogP contribution in [0.15, 0.2) is 46.4 Å². The van der Waals surface area contributed by atoms with Crippen molar-refractivity contribution in [3.8, 4) is 18.6 Å². The van der Waals surface area contributed by atoms with Crippen molar-refractivity contribution in [1.29, 1.82) is 0 Å². The van der Waals surface area contributed by atoms with Crippen LogP contribution in [0.4, 0.5) is 5.69 Å². The van der Waals surface area contributed by atoms with Gasteiger partial charge in [-0.15, -0.1) is 12.8 Å². The molecular weight excluding hydrogens is 352 g/mol. The Hall–Kier alpha value is -3.07. The van der Waals surface area contributed by atoms with Gasteiger partial charge in [0.15, 0.2) is 0 Å². The molecule has 0 heterocycles. The Balaban J connectivity index is 0. The van der Waals surface area contributed by atoms with Gasteiger partial charge < -0.3 is 15.4 Å². The van der Waals surface area contributed by atoms with Gasteiger partial charge in [0.1, 0.15) is 5.75 Å². The molecule has 1 amide bonds. The van der Waals surface area contributed by atoms with Gasteiger partial charge in [0, 0.05) is 31.5 Å². The highest BCUT2D eigenvalue weighted by molar-refractivity contribution is 6.06. The Bertz CT molecular complexity index is 644. The zero-order chi connectivity index (χ0) is 21.8. The highest BCUT2D eigenvalue weighted by Crippen LogP contribution is 2.14. The van der Waals surface area contributed by atoms with E-state index in [0.29, 0.717) is 13.0 Å². The van der Waals surface area contributed by atoms with E-state index in [1.807, 2.05) is 64.1 Å². The van der Waals surface area contributed by atoms with Crippen LogP contribution >= 0.6 is 0 Å². The van der Waals surface area contributed by atoms with E-state index in [0.717, 1.165) is 29.5 Å². The molecule has 0 aliphatic heterocycles. The van der Waals surface area contributed by atoms with Crippen LogP contribution in [0.5, 0.6) is 5.75 Å². The fraction of sp³-hybridized carbons (Fsp3) is 0.409. The number of carbonyl (C=O) groups excluding carboxylic acids is 1. The second-order valence-corrected chi connectivity index (χ2v) is 5.26. The van der Waals surface area contributed by atoms with Gasteiger partial charge in [-0.1, -0.05) is 6.08 Å². The molecular formula is C22H34N4O2. The third kappa shape index (κ3) is 14.1. The zero-order valence-electron chi connectivity index (χ0n) is 18.0. The minimum absolute atomic E-state index is 0.0350. The van der Waals surface area contributed by atoms with Crippen molar-refractivity contribution in [2.45, 2.75) is 34.1 Å². The quantitative estimate of drug-likeness (QED) is 0.423. The van der Waals surface area contributed by atoms with Crippen molar-refractivity contribution in [2.24, 2.45) is 9.98 Å². The average molecular weight is 387 g/mol. The first-order valence-corrected chi connectivity index (χ1v) is 9.11. The molecule has 0 aromatic heterocycles. The second kappa shape index (κ2) is 18.7. The summed E-state index contributed by atoms with van der Waals surface area (Å²) in [6.45, 7) is 9.10. The maximum absolute atomic E-state index is 11.2. The van der Waals surface area contributed by atoms with Crippen LogP contribution in [0.25, 0.3) is 0 Å². The van der Waals surface area contributed by atoms with Crippen molar-refractivity contribution in [1.82, 2.24) is 5.32 Å². The molecule has 0 aliphatic carbocycles. The third-order valence-corrected chi connectivity index (χ3v) is 3.19. The number of nitrogens with zero attached hydrogens (tertiary/aromatic N) is 2. The molecule has 2 N–H and O–H groups in total. The number of amides is 1. The van der Waals surface area contributed by atoms with Crippen molar-refractivity contribution >= 4 is 23.1 Å². The number of hydrogen-bond acceptors (Lipinski definition) is 4. The Kier molecular flexibility index (Phi) is 18.1. The number of nitrogens with one attached hydrogen (secondary N) is 2. The van der Waals surface area contributed by atoms with E-state index >= 15 is 0 Å². The molecule has 1 aromatic rings. The van der Waals surface area contributed by atoms with Crippen molar-refractivity contribution in [3.63, 3.8) is 0 Å². The van der Waals surface area contributed by atoms with Crippen LogP contribution < -0.4 is 15.4 Å². The minimum Gasteiger partial charge on any atom is -0.497 e. The summed E-state index contributed by atoms with van der Waals surface area (Å²) in [7, 11) is 3.41. The molecule has 0 radical (unpaired) electrons. The van der Waals surface area contributed by atoms with E-state index in [2.05, 4.69) is 33.5 Å². The second-order valence-electron chi connectivity index (χ2n) is 5.26. The summed E-state index contributed by atoms with van der Waals surface area (Å²) in [5.41, 5.74) is 1.86. The summed E-state index contributed by atoms with van der Waals surface area (Å²) >= 11 is 0. The Morgan fingerprint density at radius 1 is 1.21 bits per heavy atom. The van der Waals surface area contributed by atoms with Crippen LogP contribution in [0.1, 0.15) is 34.1 Å². The SMILES string of the molecule is C#C.C/C=C\C(CC(=O)NCC)=NCC.CN=C(C)Nc1ccc(OC)cc1. The largest absolute Gasteiger partial charge is 0.497 e. The Morgan fingerprint density at radius 2 is 1.82 bits per heavy atom. The number of carbonyl (C=O) groups is 1. The normalized spacial score (nSPS) is 10.9. The van der Waals surface area contributed by atoms with Gasteiger partial charge in [0.2, 0.25) is 5.91 Å². The molecule has 0 spiro atoms. The summed E-state index contributed by atoms with van der Waals surface area (Å²) in [6.07, 6.45) is 12.2. The molecule has 0 saturated carbocycles. The molecule has 0 aliphatic rings. The topological polar surface area (TPSA) is 75.1 Å². The summed E-state index contributed by atoms with van der Waals surface area (Å²) in [5, 5.41) is 5.88. The molecule has 0 unspecified atom stereocenters. The van der Waals surface area contributed by atoms with Gasteiger partial charge >= 0.3 is 0 Å². The maximum Gasteiger partial charge on any atom is 0.225 e. The van der Waals surface area contributed by atoms with Gasteiger partial charge in [-0.25, -0.2) is 0 Å². The number of hydrogen-bond donors (Lipinski definition) is 2. The molecule has 1 aromatic carbocycles. The van der Waals surface area contributed by atoms with Gasteiger partial charge in [-0.3, -0.25) is 14.8 Å². The van der Waals surface area contributed by atoms with E-state index in [9.17, 15) is 4.79 Å².